The van der Waals surface area contributed by atoms with Crippen LogP contribution in [-0.2, 0) is 9.53 Å². The van der Waals surface area contributed by atoms with Crippen LogP contribution in [0.2, 0.25) is 0 Å². The molecule has 3 fully saturated rings. The molecule has 5 nitrogen and oxygen atoms in total. The number of amides is 2. The van der Waals surface area contributed by atoms with Gasteiger partial charge in [0.25, 0.3) is 11.8 Å². The molecule has 3 heterocycles. The van der Waals surface area contributed by atoms with Crippen LogP contribution in [0.15, 0.2) is 48.5 Å². The highest BCUT2D eigenvalue weighted by molar-refractivity contribution is 5.95. The Balaban J connectivity index is 1.33. The van der Waals surface area contributed by atoms with E-state index in [4.69, 9.17) is 4.74 Å². The standard InChI is InChI=1S/C23H22F2N2O3/c24-17-8-4-7-16(20(17)25)18-9-10-19-27(18)22(29)23(30-19)11-13-26(14-12-23)21(28)15-5-2-1-3-6-15/h1-8,18-19H,9-14H2/t18-,19+/m0/s1. The first-order valence-electron chi connectivity index (χ1n) is 10.3. The fourth-order valence-electron chi connectivity index (χ4n) is 4.96. The molecule has 1 spiro atoms. The first-order chi connectivity index (χ1) is 14.5. The van der Waals surface area contributed by atoms with Gasteiger partial charge in [-0.25, -0.2) is 8.78 Å². The molecule has 3 saturated heterocycles. The van der Waals surface area contributed by atoms with Gasteiger partial charge in [0.2, 0.25) is 0 Å². The van der Waals surface area contributed by atoms with Gasteiger partial charge in [0, 0.05) is 37.1 Å². The molecule has 0 N–H and O–H groups in total. The Kier molecular flexibility index (Phi) is 4.58. The molecule has 0 unspecified atom stereocenters. The average Bonchev–Trinajstić information content (AvgIpc) is 3.29. The first kappa shape index (κ1) is 19.2. The van der Waals surface area contributed by atoms with Gasteiger partial charge in [-0.2, -0.15) is 0 Å². The molecule has 0 aromatic heterocycles. The van der Waals surface area contributed by atoms with Gasteiger partial charge in [0.15, 0.2) is 17.2 Å². The third-order valence-electron chi connectivity index (χ3n) is 6.54. The van der Waals surface area contributed by atoms with Crippen molar-refractivity contribution in [3.63, 3.8) is 0 Å². The van der Waals surface area contributed by atoms with Gasteiger partial charge in [-0.05, 0) is 31.0 Å². The maximum Gasteiger partial charge on any atom is 0.257 e. The number of hydrogen-bond acceptors (Lipinski definition) is 3. The van der Waals surface area contributed by atoms with E-state index in [1.807, 2.05) is 18.2 Å². The Hall–Kier alpha value is -2.80. The minimum Gasteiger partial charge on any atom is -0.342 e. The molecule has 30 heavy (non-hydrogen) atoms. The van der Waals surface area contributed by atoms with Crippen molar-refractivity contribution in [3.05, 3.63) is 71.3 Å². The van der Waals surface area contributed by atoms with Crippen LogP contribution in [0.4, 0.5) is 8.78 Å². The fourth-order valence-corrected chi connectivity index (χ4v) is 4.96. The molecule has 0 aliphatic carbocycles. The summed E-state index contributed by atoms with van der Waals surface area (Å²) in [6.45, 7) is 0.831. The van der Waals surface area contributed by atoms with Crippen molar-refractivity contribution in [2.24, 2.45) is 0 Å². The van der Waals surface area contributed by atoms with Crippen molar-refractivity contribution in [1.29, 1.82) is 0 Å². The highest BCUT2D eigenvalue weighted by atomic mass is 19.2. The lowest BCUT2D eigenvalue weighted by Gasteiger charge is -2.37. The zero-order valence-corrected chi connectivity index (χ0v) is 16.4. The van der Waals surface area contributed by atoms with Crippen LogP contribution in [0.3, 0.4) is 0 Å². The quantitative estimate of drug-likeness (QED) is 0.757. The minimum atomic E-state index is -0.986. The lowest BCUT2D eigenvalue weighted by atomic mass is 9.89. The Morgan fingerprint density at radius 3 is 2.47 bits per heavy atom. The summed E-state index contributed by atoms with van der Waals surface area (Å²) >= 11 is 0. The largest absolute Gasteiger partial charge is 0.342 e. The third kappa shape index (κ3) is 2.91. The van der Waals surface area contributed by atoms with E-state index in [-0.39, 0.29) is 17.4 Å². The van der Waals surface area contributed by atoms with E-state index < -0.39 is 29.5 Å². The van der Waals surface area contributed by atoms with E-state index in [1.165, 1.54) is 12.1 Å². The molecule has 2 amide bonds. The third-order valence-corrected chi connectivity index (χ3v) is 6.54. The summed E-state index contributed by atoms with van der Waals surface area (Å²) in [5, 5.41) is 0. The smallest absolute Gasteiger partial charge is 0.257 e. The molecule has 0 saturated carbocycles. The van der Waals surface area contributed by atoms with E-state index >= 15 is 0 Å². The molecule has 3 aliphatic rings. The first-order valence-corrected chi connectivity index (χ1v) is 10.3. The minimum absolute atomic E-state index is 0.0592. The number of halogens is 2. The molecule has 2 atom stereocenters. The number of piperidine rings is 1. The number of rotatable bonds is 2. The lowest BCUT2D eigenvalue weighted by molar-refractivity contribution is -0.142. The number of ether oxygens (including phenoxy) is 1. The Morgan fingerprint density at radius 2 is 1.73 bits per heavy atom. The van der Waals surface area contributed by atoms with Gasteiger partial charge in [-0.15, -0.1) is 0 Å². The molecular weight excluding hydrogens is 390 g/mol. The van der Waals surface area contributed by atoms with Gasteiger partial charge >= 0.3 is 0 Å². The van der Waals surface area contributed by atoms with Gasteiger partial charge in [-0.1, -0.05) is 30.3 Å². The predicted molar refractivity (Wildman–Crippen MR) is 104 cm³/mol. The van der Waals surface area contributed by atoms with E-state index in [0.717, 1.165) is 6.07 Å². The molecule has 0 radical (unpaired) electrons. The monoisotopic (exact) mass is 412 g/mol. The van der Waals surface area contributed by atoms with E-state index in [0.29, 0.717) is 44.3 Å². The van der Waals surface area contributed by atoms with Crippen molar-refractivity contribution >= 4 is 11.8 Å². The van der Waals surface area contributed by atoms with E-state index in [9.17, 15) is 18.4 Å². The van der Waals surface area contributed by atoms with Crippen molar-refractivity contribution in [3.8, 4) is 0 Å². The molecule has 0 bridgehead atoms. The maximum absolute atomic E-state index is 14.4. The number of fused-ring (bicyclic) bond motifs is 1. The van der Waals surface area contributed by atoms with E-state index in [1.54, 1.807) is 21.9 Å². The van der Waals surface area contributed by atoms with Crippen molar-refractivity contribution in [1.82, 2.24) is 9.80 Å². The van der Waals surface area contributed by atoms with Crippen LogP contribution in [-0.4, -0.2) is 46.5 Å². The fraction of sp³-hybridized carbons (Fsp3) is 0.391. The van der Waals surface area contributed by atoms with Crippen LogP contribution in [0.5, 0.6) is 0 Å². The summed E-state index contributed by atoms with van der Waals surface area (Å²) in [7, 11) is 0. The summed E-state index contributed by atoms with van der Waals surface area (Å²) in [4.78, 5) is 29.4. The number of carbonyl (C=O) groups excluding carboxylic acids is 2. The Morgan fingerprint density at radius 1 is 1.00 bits per heavy atom. The van der Waals surface area contributed by atoms with Crippen LogP contribution in [0, 0.1) is 11.6 Å². The SMILES string of the molecule is O=C(c1ccccc1)N1CCC2(CC1)O[C@@H]1CC[C@@H](c3cccc(F)c3F)N1C2=O. The lowest BCUT2D eigenvalue weighted by Crippen LogP contribution is -2.51. The number of likely N-dealkylation sites (tertiary alicyclic amines) is 1. The zero-order chi connectivity index (χ0) is 20.9. The second-order valence-electron chi connectivity index (χ2n) is 8.17. The average molecular weight is 412 g/mol. The van der Waals surface area contributed by atoms with Gasteiger partial charge < -0.3 is 14.5 Å². The highest BCUT2D eigenvalue weighted by Gasteiger charge is 2.58. The topological polar surface area (TPSA) is 49.9 Å². The summed E-state index contributed by atoms with van der Waals surface area (Å²) in [5.74, 6) is -2.05. The second-order valence-corrected chi connectivity index (χ2v) is 8.17. The van der Waals surface area contributed by atoms with Crippen LogP contribution < -0.4 is 0 Å². The second kappa shape index (κ2) is 7.16. The zero-order valence-electron chi connectivity index (χ0n) is 16.4. The van der Waals surface area contributed by atoms with Gasteiger partial charge in [0.1, 0.15) is 6.23 Å². The van der Waals surface area contributed by atoms with Crippen molar-refractivity contribution in [2.45, 2.75) is 43.6 Å². The molecule has 3 aliphatic heterocycles. The molecule has 2 aromatic rings. The van der Waals surface area contributed by atoms with E-state index in [2.05, 4.69) is 0 Å². The number of carbonyl (C=O) groups is 2. The summed E-state index contributed by atoms with van der Waals surface area (Å²) < 4.78 is 34.3. The van der Waals surface area contributed by atoms with Crippen molar-refractivity contribution in [2.75, 3.05) is 13.1 Å². The normalized spacial score (nSPS) is 25.1. The number of hydrogen-bond donors (Lipinski definition) is 0. The predicted octanol–water partition coefficient (Wildman–Crippen LogP) is 3.66. The Labute approximate surface area is 173 Å². The Bertz CT molecular complexity index is 989. The molecule has 5 rings (SSSR count). The van der Waals surface area contributed by atoms with Crippen molar-refractivity contribution < 1.29 is 23.1 Å². The molecule has 156 valence electrons. The van der Waals surface area contributed by atoms with Crippen LogP contribution >= 0.6 is 0 Å². The van der Waals surface area contributed by atoms with Gasteiger partial charge in [-0.3, -0.25) is 9.59 Å². The van der Waals surface area contributed by atoms with Gasteiger partial charge in [0.05, 0.1) is 6.04 Å². The summed E-state index contributed by atoms with van der Waals surface area (Å²) in [5.41, 5.74) is -0.168. The highest BCUT2D eigenvalue weighted by Crippen LogP contribution is 2.48. The van der Waals surface area contributed by atoms with Crippen LogP contribution in [0.25, 0.3) is 0 Å². The summed E-state index contributed by atoms with van der Waals surface area (Å²) in [6.07, 6.45) is 1.49. The molecule has 2 aromatic carbocycles. The number of nitrogens with zero attached hydrogens (tertiary/aromatic N) is 2. The molecular formula is C23H22F2N2O3. The molecule has 7 heteroatoms. The maximum atomic E-state index is 14.4. The summed E-state index contributed by atoms with van der Waals surface area (Å²) in [6, 6.07) is 12.6. The number of benzene rings is 2. The van der Waals surface area contributed by atoms with Crippen LogP contribution in [0.1, 0.15) is 47.6 Å².